The molecule has 1 aliphatic rings. The number of ether oxygens (including phenoxy) is 2. The molecule has 2 aromatic carbocycles. The lowest BCUT2D eigenvalue weighted by Gasteiger charge is -2.11. The van der Waals surface area contributed by atoms with Gasteiger partial charge in [0.2, 0.25) is 5.55 Å². The highest BCUT2D eigenvalue weighted by Gasteiger charge is 2.19. The molecule has 0 spiro atoms. The molecule has 2 heterocycles. The first-order valence-corrected chi connectivity index (χ1v) is 9.58. The molecule has 1 amide bonds. The number of phenols is 1. The number of nitrogens with zero attached hydrogens (tertiary/aromatic N) is 1. The van der Waals surface area contributed by atoms with Crippen molar-refractivity contribution in [1.82, 2.24) is 5.32 Å². The minimum atomic E-state index is -0.582. The monoisotopic (exact) mass is 412 g/mol. The van der Waals surface area contributed by atoms with E-state index in [-0.39, 0.29) is 40.3 Å². The highest BCUT2D eigenvalue weighted by atomic mass is 19.1. The Labute approximate surface area is 171 Å². The molecule has 1 fully saturated rings. The number of hydrogen-bond donors (Lipinski definition) is 2. The lowest BCUT2D eigenvalue weighted by Crippen LogP contribution is -2.34. The first-order valence-electron chi connectivity index (χ1n) is 9.58. The van der Waals surface area contributed by atoms with Crippen molar-refractivity contribution in [2.75, 3.05) is 20.3 Å². The third-order valence-corrected chi connectivity index (χ3v) is 4.86. The van der Waals surface area contributed by atoms with Crippen LogP contribution in [-0.4, -0.2) is 37.4 Å². The topological polar surface area (TPSA) is 93.3 Å². The van der Waals surface area contributed by atoms with Crippen molar-refractivity contribution >= 4 is 22.6 Å². The minimum absolute atomic E-state index is 0.00232. The quantitative estimate of drug-likeness (QED) is 0.670. The van der Waals surface area contributed by atoms with E-state index >= 15 is 0 Å². The summed E-state index contributed by atoms with van der Waals surface area (Å²) in [7, 11) is 1.37. The molecular formula is C22H21FN2O5. The molecule has 1 saturated heterocycles. The third kappa shape index (κ3) is 4.28. The Kier molecular flexibility index (Phi) is 5.67. The number of amides is 1. The van der Waals surface area contributed by atoms with Crippen LogP contribution in [0.1, 0.15) is 23.2 Å². The van der Waals surface area contributed by atoms with Gasteiger partial charge in [-0.2, -0.15) is 0 Å². The van der Waals surface area contributed by atoms with Gasteiger partial charge in [0.15, 0.2) is 11.6 Å². The van der Waals surface area contributed by atoms with Crippen molar-refractivity contribution < 1.29 is 28.2 Å². The van der Waals surface area contributed by atoms with Gasteiger partial charge in [-0.3, -0.25) is 4.79 Å². The van der Waals surface area contributed by atoms with Crippen LogP contribution in [0.15, 0.2) is 51.9 Å². The van der Waals surface area contributed by atoms with E-state index in [2.05, 4.69) is 10.3 Å². The van der Waals surface area contributed by atoms with E-state index in [0.29, 0.717) is 24.1 Å². The van der Waals surface area contributed by atoms with Gasteiger partial charge in [-0.15, -0.1) is 0 Å². The Morgan fingerprint density at radius 3 is 2.90 bits per heavy atom. The van der Waals surface area contributed by atoms with Crippen LogP contribution in [0.4, 0.5) is 10.1 Å². The van der Waals surface area contributed by atoms with Crippen LogP contribution in [0.3, 0.4) is 0 Å². The minimum Gasteiger partial charge on any atom is -0.508 e. The van der Waals surface area contributed by atoms with E-state index < -0.39 is 5.82 Å². The van der Waals surface area contributed by atoms with Crippen molar-refractivity contribution in [3.8, 4) is 11.5 Å². The van der Waals surface area contributed by atoms with Crippen LogP contribution in [0, 0.1) is 5.82 Å². The number of hydrogen-bond acceptors (Lipinski definition) is 6. The summed E-state index contributed by atoms with van der Waals surface area (Å²) in [5, 5.41) is 13.2. The fourth-order valence-corrected chi connectivity index (χ4v) is 3.30. The van der Waals surface area contributed by atoms with Gasteiger partial charge in [-0.25, -0.2) is 9.38 Å². The van der Waals surface area contributed by atoms with E-state index in [4.69, 9.17) is 13.9 Å². The highest BCUT2D eigenvalue weighted by Crippen LogP contribution is 2.23. The van der Waals surface area contributed by atoms with E-state index in [1.807, 2.05) is 0 Å². The zero-order valence-electron chi connectivity index (χ0n) is 16.4. The summed E-state index contributed by atoms with van der Waals surface area (Å²) < 4.78 is 30.3. The summed E-state index contributed by atoms with van der Waals surface area (Å²) in [6.45, 7) is 1.07. The number of methoxy groups -OCH3 is 1. The zero-order chi connectivity index (χ0) is 21.1. The zero-order valence-corrected chi connectivity index (χ0v) is 16.4. The van der Waals surface area contributed by atoms with E-state index in [1.165, 1.54) is 31.4 Å². The molecular weight excluding hydrogens is 391 g/mol. The maximum Gasteiger partial charge on any atom is 0.256 e. The standard InChI is InChI=1S/C22H21FN2O5/c1-28-19-7-5-14(10-18(19)23)25-22-17(21(27)24-12-16-3-2-8-29-16)9-13-4-6-15(26)11-20(13)30-22/h4-7,9-11,16,26H,2-3,8,12H2,1H3,(H,24,27)/t16-/m0/s1. The summed E-state index contributed by atoms with van der Waals surface area (Å²) in [4.78, 5) is 17.2. The van der Waals surface area contributed by atoms with E-state index in [9.17, 15) is 14.3 Å². The van der Waals surface area contributed by atoms with Crippen molar-refractivity contribution in [2.45, 2.75) is 18.9 Å². The van der Waals surface area contributed by atoms with Crippen molar-refractivity contribution in [3.63, 3.8) is 0 Å². The lowest BCUT2D eigenvalue weighted by atomic mass is 10.1. The summed E-state index contributed by atoms with van der Waals surface area (Å²) in [5.74, 6) is -0.856. The van der Waals surface area contributed by atoms with Crippen LogP contribution >= 0.6 is 0 Å². The average molecular weight is 412 g/mol. The van der Waals surface area contributed by atoms with Crippen molar-refractivity contribution in [3.05, 3.63) is 59.4 Å². The maximum absolute atomic E-state index is 14.1. The summed E-state index contributed by atoms with van der Waals surface area (Å²) in [6, 6.07) is 10.4. The molecule has 0 radical (unpaired) electrons. The van der Waals surface area contributed by atoms with E-state index in [0.717, 1.165) is 12.8 Å². The third-order valence-electron chi connectivity index (χ3n) is 4.86. The molecule has 30 heavy (non-hydrogen) atoms. The largest absolute Gasteiger partial charge is 0.508 e. The molecule has 0 saturated carbocycles. The fraction of sp³-hybridized carbons (Fsp3) is 0.273. The Bertz CT molecular complexity index is 1150. The Balaban J connectivity index is 1.76. The van der Waals surface area contributed by atoms with Gasteiger partial charge in [0, 0.05) is 30.7 Å². The Morgan fingerprint density at radius 1 is 1.30 bits per heavy atom. The molecule has 1 aromatic heterocycles. The first-order chi connectivity index (χ1) is 14.5. The number of nitrogens with one attached hydrogen (secondary N) is 1. The number of halogens is 1. The van der Waals surface area contributed by atoms with Gasteiger partial charge in [-0.1, -0.05) is 0 Å². The Hall–Kier alpha value is -3.39. The highest BCUT2D eigenvalue weighted by molar-refractivity contribution is 5.96. The molecule has 0 bridgehead atoms. The average Bonchev–Trinajstić information content (AvgIpc) is 3.25. The number of rotatable bonds is 5. The molecule has 8 heteroatoms. The number of fused-ring (bicyclic) bond motifs is 1. The normalized spacial score (nSPS) is 16.7. The summed E-state index contributed by atoms with van der Waals surface area (Å²) >= 11 is 0. The van der Waals surface area contributed by atoms with Crippen LogP contribution < -0.4 is 15.6 Å². The second-order valence-electron chi connectivity index (χ2n) is 6.96. The van der Waals surface area contributed by atoms with Gasteiger partial charge in [0.05, 0.1) is 18.9 Å². The van der Waals surface area contributed by atoms with Gasteiger partial charge >= 0.3 is 0 Å². The van der Waals surface area contributed by atoms with Crippen LogP contribution in [-0.2, 0) is 4.74 Å². The smallest absolute Gasteiger partial charge is 0.256 e. The van der Waals surface area contributed by atoms with Gasteiger partial charge in [0.1, 0.15) is 16.9 Å². The predicted octanol–water partition coefficient (Wildman–Crippen LogP) is 3.43. The molecule has 2 N–H and O–H groups in total. The van der Waals surface area contributed by atoms with Crippen LogP contribution in [0.5, 0.6) is 11.5 Å². The van der Waals surface area contributed by atoms with E-state index in [1.54, 1.807) is 18.2 Å². The lowest BCUT2D eigenvalue weighted by molar-refractivity contribution is 0.0854. The van der Waals surface area contributed by atoms with Crippen molar-refractivity contribution in [1.29, 1.82) is 0 Å². The number of phenolic OH excluding ortho intramolecular Hbond substituents is 1. The van der Waals surface area contributed by atoms with Crippen molar-refractivity contribution in [2.24, 2.45) is 4.99 Å². The number of aromatic hydroxyl groups is 1. The Morgan fingerprint density at radius 2 is 2.17 bits per heavy atom. The number of carbonyl (C=O) groups is 1. The van der Waals surface area contributed by atoms with Crippen LogP contribution in [0.2, 0.25) is 0 Å². The molecule has 7 nitrogen and oxygen atoms in total. The molecule has 0 aliphatic carbocycles. The molecule has 156 valence electrons. The first kappa shape index (κ1) is 19.9. The number of benzene rings is 2. The molecule has 3 aromatic rings. The summed E-state index contributed by atoms with van der Waals surface area (Å²) in [6.07, 6.45) is 1.85. The molecule has 1 atom stereocenters. The molecule has 1 aliphatic heterocycles. The maximum atomic E-state index is 14.1. The van der Waals surface area contributed by atoms with Gasteiger partial charge in [0.25, 0.3) is 5.91 Å². The van der Waals surface area contributed by atoms with Gasteiger partial charge in [-0.05, 0) is 43.2 Å². The summed E-state index contributed by atoms with van der Waals surface area (Å²) in [5.41, 5.74) is 0.799. The SMILES string of the molecule is COc1ccc(N=c2oc3cc(O)ccc3cc2C(=O)NC[C@@H]2CCCO2)cc1F. The molecule has 4 rings (SSSR count). The second kappa shape index (κ2) is 8.54. The van der Waals surface area contributed by atoms with Gasteiger partial charge < -0.3 is 24.3 Å². The molecule has 0 unspecified atom stereocenters. The fourth-order valence-electron chi connectivity index (χ4n) is 3.30. The number of carbonyl (C=O) groups excluding carboxylic acids is 1. The predicted molar refractivity (Wildman–Crippen MR) is 107 cm³/mol. The van der Waals surface area contributed by atoms with Crippen LogP contribution in [0.25, 0.3) is 11.0 Å². The second-order valence-corrected chi connectivity index (χ2v) is 6.96.